The van der Waals surface area contributed by atoms with Crippen LogP contribution in [-0.2, 0) is 9.53 Å². The Morgan fingerprint density at radius 3 is 1.86 bits per heavy atom. The van der Waals surface area contributed by atoms with E-state index in [1.54, 1.807) is 0 Å². The van der Waals surface area contributed by atoms with Crippen molar-refractivity contribution < 1.29 is 9.53 Å². The third-order valence-electron chi connectivity index (χ3n) is 5.69. The normalized spacial score (nSPS) is 15.0. The van der Waals surface area contributed by atoms with Crippen LogP contribution in [0, 0.1) is 0 Å². The predicted octanol–water partition coefficient (Wildman–Crippen LogP) is 5.03. The van der Waals surface area contributed by atoms with Gasteiger partial charge in [0.05, 0.1) is 0 Å². The molecule has 1 aliphatic rings. The molecule has 0 spiro atoms. The van der Waals surface area contributed by atoms with Gasteiger partial charge in [0.1, 0.15) is 12.0 Å². The number of nitrogens with zero attached hydrogens (tertiary/aromatic N) is 1. The molecule has 0 N–H and O–H groups in total. The van der Waals surface area contributed by atoms with Gasteiger partial charge < -0.3 is 9.64 Å². The van der Waals surface area contributed by atoms with Gasteiger partial charge >= 0.3 is 5.97 Å². The van der Waals surface area contributed by atoms with E-state index in [0.29, 0.717) is 0 Å². The monoisotopic (exact) mass is 371 g/mol. The summed E-state index contributed by atoms with van der Waals surface area (Å²) in [5.41, 5.74) is 5.31. The van der Waals surface area contributed by atoms with E-state index in [0.717, 1.165) is 27.8 Å². The van der Waals surface area contributed by atoms with Gasteiger partial charge in [0.25, 0.3) is 0 Å². The quantitative estimate of drug-likeness (QED) is 0.589. The molecule has 28 heavy (non-hydrogen) atoms. The molecule has 1 aliphatic carbocycles. The molecule has 3 heteroatoms. The van der Waals surface area contributed by atoms with Crippen LogP contribution < -0.4 is 0 Å². The van der Waals surface area contributed by atoms with Gasteiger partial charge in [-0.1, -0.05) is 78.9 Å². The molecule has 0 saturated carbocycles. The van der Waals surface area contributed by atoms with Gasteiger partial charge in [-0.05, 0) is 48.8 Å². The van der Waals surface area contributed by atoms with Crippen molar-refractivity contribution in [2.45, 2.75) is 25.0 Å². The molecule has 4 rings (SSSR count). The van der Waals surface area contributed by atoms with Gasteiger partial charge in [-0.3, -0.25) is 4.79 Å². The van der Waals surface area contributed by atoms with Crippen LogP contribution in [0.2, 0.25) is 0 Å². The van der Waals surface area contributed by atoms with Crippen LogP contribution in [-0.4, -0.2) is 31.0 Å². The highest BCUT2D eigenvalue weighted by Gasteiger charge is 2.37. The number of ether oxygens (including phenoxy) is 1. The van der Waals surface area contributed by atoms with Gasteiger partial charge in [0, 0.05) is 6.04 Å². The second-order valence-electron chi connectivity index (χ2n) is 7.58. The van der Waals surface area contributed by atoms with Crippen molar-refractivity contribution in [3.63, 3.8) is 0 Å². The van der Waals surface area contributed by atoms with Crippen LogP contribution in [0.5, 0.6) is 0 Å². The van der Waals surface area contributed by atoms with E-state index < -0.39 is 0 Å². The Kier molecular flexibility index (Phi) is 5.01. The van der Waals surface area contributed by atoms with Gasteiger partial charge in [0.15, 0.2) is 0 Å². The smallest absolute Gasteiger partial charge is 0.318 e. The molecule has 0 aromatic heterocycles. The minimum absolute atomic E-state index is 0.0539. The standard InChI is InChI=1S/C25H25NO2/c1-17(26(2)3)24(18-11-5-4-6-12-18)28-25(27)23-21-15-9-7-13-19(21)20-14-8-10-16-22(20)23/h4-17,23-24H,1-3H3/t17-,24-/m0/s1. The highest BCUT2D eigenvalue weighted by molar-refractivity contribution is 5.93. The lowest BCUT2D eigenvalue weighted by Gasteiger charge is -2.30. The Labute approximate surface area is 166 Å². The van der Waals surface area contributed by atoms with E-state index in [9.17, 15) is 4.79 Å². The Hall–Kier alpha value is -2.91. The van der Waals surface area contributed by atoms with E-state index in [4.69, 9.17) is 4.74 Å². The van der Waals surface area contributed by atoms with Crippen LogP contribution >= 0.6 is 0 Å². The second kappa shape index (κ2) is 7.61. The number of rotatable bonds is 5. The van der Waals surface area contributed by atoms with Crippen LogP contribution in [0.4, 0.5) is 0 Å². The lowest BCUT2D eigenvalue weighted by molar-refractivity contribution is -0.153. The third-order valence-corrected chi connectivity index (χ3v) is 5.69. The van der Waals surface area contributed by atoms with Crippen molar-refractivity contribution in [2.24, 2.45) is 0 Å². The van der Waals surface area contributed by atoms with Crippen molar-refractivity contribution in [1.29, 1.82) is 0 Å². The zero-order chi connectivity index (χ0) is 19.7. The molecule has 0 aliphatic heterocycles. The summed E-state index contributed by atoms with van der Waals surface area (Å²) in [6, 6.07) is 26.3. The SMILES string of the molecule is C[C@@H]([C@H](OC(=O)C1c2ccccc2-c2ccccc21)c1ccccc1)N(C)C. The number of hydrogen-bond donors (Lipinski definition) is 0. The van der Waals surface area contributed by atoms with Crippen molar-refractivity contribution >= 4 is 5.97 Å². The van der Waals surface area contributed by atoms with Gasteiger partial charge in [0.2, 0.25) is 0 Å². The highest BCUT2D eigenvalue weighted by atomic mass is 16.5. The van der Waals surface area contributed by atoms with Gasteiger partial charge in [-0.25, -0.2) is 0 Å². The number of benzene rings is 3. The summed E-state index contributed by atoms with van der Waals surface area (Å²) in [4.78, 5) is 15.5. The molecule has 3 nitrogen and oxygen atoms in total. The number of hydrogen-bond acceptors (Lipinski definition) is 3. The van der Waals surface area contributed by atoms with Crippen molar-refractivity contribution in [2.75, 3.05) is 14.1 Å². The molecule has 0 radical (unpaired) electrons. The van der Waals surface area contributed by atoms with Crippen LogP contribution in [0.1, 0.15) is 35.6 Å². The average molecular weight is 371 g/mol. The summed E-state index contributed by atoms with van der Waals surface area (Å²) < 4.78 is 6.18. The maximum atomic E-state index is 13.4. The number of likely N-dealkylation sites (N-methyl/N-ethyl adjacent to an activating group) is 1. The van der Waals surface area contributed by atoms with Crippen LogP contribution in [0.3, 0.4) is 0 Å². The summed E-state index contributed by atoms with van der Waals surface area (Å²) in [5.74, 6) is -0.576. The van der Waals surface area contributed by atoms with E-state index in [-0.39, 0.29) is 24.0 Å². The Bertz CT molecular complexity index is 935. The van der Waals surface area contributed by atoms with E-state index in [1.807, 2.05) is 80.8 Å². The molecule has 142 valence electrons. The Balaban J connectivity index is 1.70. The molecular formula is C25H25NO2. The molecule has 2 atom stereocenters. The number of esters is 1. The van der Waals surface area contributed by atoms with Crippen LogP contribution in [0.25, 0.3) is 11.1 Å². The first-order valence-corrected chi connectivity index (χ1v) is 9.68. The summed E-state index contributed by atoms with van der Waals surface area (Å²) in [7, 11) is 4.02. The second-order valence-corrected chi connectivity index (χ2v) is 7.58. The highest BCUT2D eigenvalue weighted by Crippen LogP contribution is 2.45. The lowest BCUT2D eigenvalue weighted by Crippen LogP contribution is -2.34. The van der Waals surface area contributed by atoms with Gasteiger partial charge in [-0.15, -0.1) is 0 Å². The van der Waals surface area contributed by atoms with Crippen LogP contribution in [0.15, 0.2) is 78.9 Å². The van der Waals surface area contributed by atoms with Crippen molar-refractivity contribution in [1.82, 2.24) is 4.90 Å². The first-order chi connectivity index (χ1) is 13.6. The summed E-state index contributed by atoms with van der Waals surface area (Å²) in [6.45, 7) is 2.08. The fraction of sp³-hybridized carbons (Fsp3) is 0.240. The zero-order valence-corrected chi connectivity index (χ0v) is 16.5. The average Bonchev–Trinajstić information content (AvgIpc) is 3.06. The topological polar surface area (TPSA) is 29.5 Å². The molecular weight excluding hydrogens is 346 g/mol. The molecule has 0 amide bonds. The minimum Gasteiger partial charge on any atom is -0.455 e. The molecule has 0 saturated heterocycles. The first kappa shape index (κ1) is 18.5. The molecule has 3 aromatic carbocycles. The van der Waals surface area contributed by atoms with E-state index in [2.05, 4.69) is 24.0 Å². The first-order valence-electron chi connectivity index (χ1n) is 9.68. The number of carbonyl (C=O) groups excluding carboxylic acids is 1. The van der Waals surface area contributed by atoms with Gasteiger partial charge in [-0.2, -0.15) is 0 Å². The molecule has 0 unspecified atom stereocenters. The minimum atomic E-state index is -0.382. The fourth-order valence-electron chi connectivity index (χ4n) is 3.96. The van der Waals surface area contributed by atoms with E-state index in [1.165, 1.54) is 0 Å². The Morgan fingerprint density at radius 1 is 0.821 bits per heavy atom. The van der Waals surface area contributed by atoms with Crippen molar-refractivity contribution in [3.8, 4) is 11.1 Å². The zero-order valence-electron chi connectivity index (χ0n) is 16.5. The molecule has 3 aromatic rings. The third kappa shape index (κ3) is 3.23. The predicted molar refractivity (Wildman–Crippen MR) is 112 cm³/mol. The number of carbonyl (C=O) groups is 1. The largest absolute Gasteiger partial charge is 0.455 e. The summed E-state index contributed by atoms with van der Waals surface area (Å²) in [6.07, 6.45) is -0.330. The molecule has 0 fully saturated rings. The maximum absolute atomic E-state index is 13.4. The summed E-state index contributed by atoms with van der Waals surface area (Å²) >= 11 is 0. The summed E-state index contributed by atoms with van der Waals surface area (Å²) in [5, 5.41) is 0. The fourth-order valence-corrected chi connectivity index (χ4v) is 3.96. The maximum Gasteiger partial charge on any atom is 0.318 e. The number of fused-ring (bicyclic) bond motifs is 3. The Morgan fingerprint density at radius 2 is 1.32 bits per heavy atom. The molecule has 0 heterocycles. The lowest BCUT2D eigenvalue weighted by atomic mass is 9.96. The van der Waals surface area contributed by atoms with Crippen molar-refractivity contribution in [3.05, 3.63) is 95.6 Å². The molecule has 0 bridgehead atoms. The van der Waals surface area contributed by atoms with E-state index >= 15 is 0 Å².